The fourth-order valence-corrected chi connectivity index (χ4v) is 3.25. The van der Waals surface area contributed by atoms with Crippen LogP contribution in [0.4, 0.5) is 0 Å². The van der Waals surface area contributed by atoms with Gasteiger partial charge < -0.3 is 14.6 Å². The van der Waals surface area contributed by atoms with Crippen LogP contribution >= 0.6 is 0 Å². The number of aryl methyl sites for hydroxylation is 1. The number of likely N-dealkylation sites (tertiary alicyclic amines) is 1. The van der Waals surface area contributed by atoms with Gasteiger partial charge in [0.25, 0.3) is 11.5 Å². The van der Waals surface area contributed by atoms with E-state index in [1.807, 2.05) is 0 Å². The van der Waals surface area contributed by atoms with Crippen LogP contribution in [0.1, 0.15) is 43.0 Å². The predicted molar refractivity (Wildman–Crippen MR) is 81.2 cm³/mol. The van der Waals surface area contributed by atoms with Gasteiger partial charge in [0.05, 0.1) is 6.61 Å². The molecule has 1 fully saturated rings. The van der Waals surface area contributed by atoms with Gasteiger partial charge in [-0.05, 0) is 31.4 Å². The minimum Gasteiger partial charge on any atom is -0.396 e. The van der Waals surface area contributed by atoms with Crippen molar-refractivity contribution in [2.24, 2.45) is 12.5 Å². The number of aliphatic hydroxyl groups excluding tert-OH is 1. The summed E-state index contributed by atoms with van der Waals surface area (Å²) in [6.45, 7) is 3.37. The Kier molecular flexibility index (Phi) is 4.83. The van der Waals surface area contributed by atoms with E-state index in [0.717, 1.165) is 25.7 Å². The summed E-state index contributed by atoms with van der Waals surface area (Å²) in [5.74, 6) is -0.218. The SMILES string of the molecule is CCCC1(CO)CCCN(C(=O)c2cccn(C)c2=O)C1. The lowest BCUT2D eigenvalue weighted by Crippen LogP contribution is -2.49. The summed E-state index contributed by atoms with van der Waals surface area (Å²) in [6.07, 6.45) is 5.34. The van der Waals surface area contributed by atoms with Crippen molar-refractivity contribution in [2.45, 2.75) is 32.6 Å². The van der Waals surface area contributed by atoms with Crippen molar-refractivity contribution in [3.05, 3.63) is 34.2 Å². The van der Waals surface area contributed by atoms with E-state index in [1.54, 1.807) is 30.3 Å². The summed E-state index contributed by atoms with van der Waals surface area (Å²) in [4.78, 5) is 26.4. The van der Waals surface area contributed by atoms with Crippen LogP contribution in [-0.2, 0) is 7.05 Å². The molecule has 0 aliphatic carbocycles. The minimum atomic E-state index is -0.266. The Morgan fingerprint density at radius 1 is 1.48 bits per heavy atom. The zero-order valence-corrected chi connectivity index (χ0v) is 12.8. The van der Waals surface area contributed by atoms with Gasteiger partial charge in [0.15, 0.2) is 0 Å². The molecule has 1 aromatic heterocycles. The third-order valence-electron chi connectivity index (χ3n) is 4.42. The molecule has 1 aliphatic heterocycles. The van der Waals surface area contributed by atoms with Gasteiger partial charge in [0.1, 0.15) is 5.56 Å². The van der Waals surface area contributed by atoms with Crippen molar-refractivity contribution in [2.75, 3.05) is 19.7 Å². The van der Waals surface area contributed by atoms with E-state index in [1.165, 1.54) is 4.57 Å². The van der Waals surface area contributed by atoms with Crippen molar-refractivity contribution in [1.29, 1.82) is 0 Å². The molecule has 21 heavy (non-hydrogen) atoms. The monoisotopic (exact) mass is 292 g/mol. The molecule has 2 rings (SSSR count). The third kappa shape index (κ3) is 3.18. The molecule has 5 heteroatoms. The number of pyridine rings is 1. The topological polar surface area (TPSA) is 62.5 Å². The number of carbonyl (C=O) groups is 1. The van der Waals surface area contributed by atoms with Gasteiger partial charge in [0.2, 0.25) is 0 Å². The lowest BCUT2D eigenvalue weighted by Gasteiger charge is -2.41. The van der Waals surface area contributed by atoms with Crippen molar-refractivity contribution in [3.8, 4) is 0 Å². The average molecular weight is 292 g/mol. The van der Waals surface area contributed by atoms with Crippen molar-refractivity contribution >= 4 is 5.91 Å². The molecule has 1 unspecified atom stereocenters. The van der Waals surface area contributed by atoms with E-state index in [9.17, 15) is 14.7 Å². The van der Waals surface area contributed by atoms with Crippen LogP contribution < -0.4 is 5.56 Å². The van der Waals surface area contributed by atoms with Gasteiger partial charge in [0, 0.05) is 31.7 Å². The predicted octanol–water partition coefficient (Wildman–Crippen LogP) is 1.40. The maximum atomic E-state index is 12.6. The van der Waals surface area contributed by atoms with Gasteiger partial charge in [-0.25, -0.2) is 0 Å². The highest BCUT2D eigenvalue weighted by molar-refractivity contribution is 5.93. The first-order valence-corrected chi connectivity index (χ1v) is 7.59. The standard InChI is InChI=1S/C16H24N2O3/c1-3-7-16(12-19)8-5-10-18(11-16)15(21)13-6-4-9-17(2)14(13)20/h4,6,9,19H,3,5,7-8,10-12H2,1-2H3. The number of hydrogen-bond donors (Lipinski definition) is 1. The third-order valence-corrected chi connectivity index (χ3v) is 4.42. The van der Waals surface area contributed by atoms with Crippen LogP contribution in [0.5, 0.6) is 0 Å². The van der Waals surface area contributed by atoms with Gasteiger partial charge >= 0.3 is 0 Å². The zero-order chi connectivity index (χ0) is 15.5. The Morgan fingerprint density at radius 3 is 2.90 bits per heavy atom. The first-order chi connectivity index (χ1) is 10.0. The average Bonchev–Trinajstić information content (AvgIpc) is 2.50. The van der Waals surface area contributed by atoms with Crippen LogP contribution in [-0.4, -0.2) is 40.2 Å². The molecule has 1 aliphatic rings. The fourth-order valence-electron chi connectivity index (χ4n) is 3.25. The minimum absolute atomic E-state index is 0.0947. The van der Waals surface area contributed by atoms with E-state index in [2.05, 4.69) is 6.92 Å². The normalized spacial score (nSPS) is 22.3. The van der Waals surface area contributed by atoms with E-state index in [0.29, 0.717) is 13.1 Å². The van der Waals surface area contributed by atoms with Crippen LogP contribution in [0.2, 0.25) is 0 Å². The molecule has 0 spiro atoms. The Labute approximate surface area is 125 Å². The number of piperidine rings is 1. The van der Waals surface area contributed by atoms with Gasteiger partial charge in [-0.1, -0.05) is 13.3 Å². The molecule has 1 amide bonds. The van der Waals surface area contributed by atoms with Gasteiger partial charge in [-0.3, -0.25) is 9.59 Å². The van der Waals surface area contributed by atoms with Crippen molar-refractivity contribution in [1.82, 2.24) is 9.47 Å². The van der Waals surface area contributed by atoms with Gasteiger partial charge in [-0.15, -0.1) is 0 Å². The lowest BCUT2D eigenvalue weighted by atomic mass is 9.77. The number of amides is 1. The Morgan fingerprint density at radius 2 is 2.24 bits per heavy atom. The molecule has 0 saturated carbocycles. The maximum absolute atomic E-state index is 12.6. The van der Waals surface area contributed by atoms with Gasteiger partial charge in [-0.2, -0.15) is 0 Å². The van der Waals surface area contributed by atoms with Crippen LogP contribution in [0.3, 0.4) is 0 Å². The quantitative estimate of drug-likeness (QED) is 0.912. The molecule has 5 nitrogen and oxygen atoms in total. The summed E-state index contributed by atoms with van der Waals surface area (Å²) in [5.41, 5.74) is -0.258. The summed E-state index contributed by atoms with van der Waals surface area (Å²) < 4.78 is 1.42. The molecular weight excluding hydrogens is 268 g/mol. The maximum Gasteiger partial charge on any atom is 0.263 e. The molecular formula is C16H24N2O3. The molecule has 0 aromatic carbocycles. The molecule has 116 valence electrons. The zero-order valence-electron chi connectivity index (χ0n) is 12.8. The lowest BCUT2D eigenvalue weighted by molar-refractivity contribution is 0.0221. The second-order valence-corrected chi connectivity index (χ2v) is 6.08. The van der Waals surface area contributed by atoms with E-state index in [-0.39, 0.29) is 29.1 Å². The molecule has 0 bridgehead atoms. The second kappa shape index (κ2) is 6.43. The van der Waals surface area contributed by atoms with Crippen LogP contribution in [0.25, 0.3) is 0 Å². The molecule has 1 aromatic rings. The van der Waals surface area contributed by atoms with Crippen LogP contribution in [0, 0.1) is 5.41 Å². The number of rotatable bonds is 4. The molecule has 1 atom stereocenters. The Bertz CT molecular complexity index is 563. The number of carbonyl (C=O) groups excluding carboxylic acids is 1. The Balaban J connectivity index is 2.23. The largest absolute Gasteiger partial charge is 0.396 e. The number of aliphatic hydroxyl groups is 1. The van der Waals surface area contributed by atoms with E-state index >= 15 is 0 Å². The van der Waals surface area contributed by atoms with Crippen molar-refractivity contribution in [3.63, 3.8) is 0 Å². The number of hydrogen-bond acceptors (Lipinski definition) is 3. The van der Waals surface area contributed by atoms with E-state index in [4.69, 9.17) is 0 Å². The highest BCUT2D eigenvalue weighted by Gasteiger charge is 2.36. The molecule has 1 N–H and O–H groups in total. The Hall–Kier alpha value is -1.62. The molecule has 2 heterocycles. The highest BCUT2D eigenvalue weighted by atomic mass is 16.3. The summed E-state index contributed by atoms with van der Waals surface area (Å²) in [6, 6.07) is 3.30. The van der Waals surface area contributed by atoms with E-state index < -0.39 is 0 Å². The molecule has 0 radical (unpaired) electrons. The summed E-state index contributed by atoms with van der Waals surface area (Å²) in [5, 5.41) is 9.74. The smallest absolute Gasteiger partial charge is 0.263 e. The first-order valence-electron chi connectivity index (χ1n) is 7.59. The summed E-state index contributed by atoms with van der Waals surface area (Å²) >= 11 is 0. The highest BCUT2D eigenvalue weighted by Crippen LogP contribution is 2.34. The fraction of sp³-hybridized carbons (Fsp3) is 0.625. The van der Waals surface area contributed by atoms with Crippen LogP contribution in [0.15, 0.2) is 23.1 Å². The summed E-state index contributed by atoms with van der Waals surface area (Å²) in [7, 11) is 1.64. The second-order valence-electron chi connectivity index (χ2n) is 6.08. The first kappa shape index (κ1) is 15.8. The number of nitrogens with zero attached hydrogens (tertiary/aromatic N) is 2. The molecule has 1 saturated heterocycles. The number of aromatic nitrogens is 1. The van der Waals surface area contributed by atoms with Crippen molar-refractivity contribution < 1.29 is 9.90 Å².